The maximum atomic E-state index is 13.0. The number of amides is 1. The fourth-order valence-corrected chi connectivity index (χ4v) is 4.94. The van der Waals surface area contributed by atoms with Crippen LogP contribution in [0.4, 0.5) is 18.0 Å². The molecule has 7 nitrogen and oxygen atoms in total. The van der Waals surface area contributed by atoms with E-state index in [0.29, 0.717) is 29.9 Å². The molecule has 2 saturated carbocycles. The molecule has 33 heavy (non-hydrogen) atoms. The first-order valence-corrected chi connectivity index (χ1v) is 11.3. The number of nitrogens with zero attached hydrogens (tertiary/aromatic N) is 4. The maximum Gasteiger partial charge on any atom is 0.573 e. The Kier molecular flexibility index (Phi) is 5.72. The summed E-state index contributed by atoms with van der Waals surface area (Å²) in [6.07, 6.45) is 0.461. The molecule has 1 aromatic heterocycles. The van der Waals surface area contributed by atoms with Gasteiger partial charge >= 0.3 is 12.5 Å². The van der Waals surface area contributed by atoms with Gasteiger partial charge in [-0.2, -0.15) is 0 Å². The second-order valence-electron chi connectivity index (χ2n) is 9.47. The maximum absolute atomic E-state index is 13.0. The van der Waals surface area contributed by atoms with E-state index in [2.05, 4.69) is 14.6 Å². The number of benzene rings is 1. The molecule has 1 aromatic carbocycles. The number of imidazole rings is 1. The molecule has 2 aromatic rings. The quantitative estimate of drug-likeness (QED) is 0.593. The standard InChI is InChI=1S/C23H27F3N4O3/c1-28-13-21(27-14-28)32-22(31)30(9-16-3-2-4-17(7-16)33-23(24,25)26)12-20-18-10-29(11-19(18)20)8-15-5-6-15/h2-4,7,13-15,18-20H,5-6,8-12H2,1H3. The van der Waals surface area contributed by atoms with Gasteiger partial charge in [0.15, 0.2) is 0 Å². The highest BCUT2D eigenvalue weighted by Gasteiger charge is 2.56. The molecule has 2 heterocycles. The van der Waals surface area contributed by atoms with Gasteiger partial charge in [0.1, 0.15) is 5.75 Å². The third kappa shape index (κ3) is 5.61. The monoisotopic (exact) mass is 464 g/mol. The summed E-state index contributed by atoms with van der Waals surface area (Å²) in [4.78, 5) is 21.1. The summed E-state index contributed by atoms with van der Waals surface area (Å²) in [5.41, 5.74) is 0.538. The van der Waals surface area contributed by atoms with Crippen molar-refractivity contribution in [3.05, 3.63) is 42.4 Å². The molecule has 3 aliphatic rings. The van der Waals surface area contributed by atoms with Crippen molar-refractivity contribution in [1.82, 2.24) is 19.4 Å². The average molecular weight is 464 g/mol. The van der Waals surface area contributed by atoms with E-state index in [4.69, 9.17) is 4.74 Å². The Labute approximate surface area is 190 Å². The number of rotatable bonds is 8. The van der Waals surface area contributed by atoms with Gasteiger partial charge in [0.05, 0.1) is 12.5 Å². The van der Waals surface area contributed by atoms with Gasteiger partial charge in [-0.3, -0.25) is 0 Å². The number of aryl methyl sites for hydroxylation is 1. The molecule has 0 radical (unpaired) electrons. The van der Waals surface area contributed by atoms with Crippen LogP contribution < -0.4 is 9.47 Å². The number of piperidine rings is 1. The van der Waals surface area contributed by atoms with Crippen molar-refractivity contribution in [1.29, 1.82) is 0 Å². The van der Waals surface area contributed by atoms with E-state index < -0.39 is 12.5 Å². The van der Waals surface area contributed by atoms with Crippen LogP contribution >= 0.6 is 0 Å². The lowest BCUT2D eigenvalue weighted by atomic mass is 10.2. The molecule has 0 bridgehead atoms. The molecule has 3 fully saturated rings. The average Bonchev–Trinajstić information content (AvgIpc) is 3.55. The zero-order valence-electron chi connectivity index (χ0n) is 18.4. The van der Waals surface area contributed by atoms with Crippen LogP contribution in [0.15, 0.2) is 36.8 Å². The Morgan fingerprint density at radius 2 is 2.00 bits per heavy atom. The molecule has 178 valence electrons. The van der Waals surface area contributed by atoms with Crippen molar-refractivity contribution < 1.29 is 27.4 Å². The minimum absolute atomic E-state index is 0.127. The number of fused-ring (bicyclic) bond motifs is 1. The predicted octanol–water partition coefficient (Wildman–Crippen LogP) is 3.91. The molecule has 2 atom stereocenters. The second kappa shape index (κ2) is 8.55. The Balaban J connectivity index is 1.25. The van der Waals surface area contributed by atoms with Gasteiger partial charge in [0.2, 0.25) is 5.88 Å². The molecule has 2 unspecified atom stereocenters. The van der Waals surface area contributed by atoms with Gasteiger partial charge in [-0.05, 0) is 54.2 Å². The van der Waals surface area contributed by atoms with Crippen LogP contribution in [-0.2, 0) is 13.6 Å². The summed E-state index contributed by atoms with van der Waals surface area (Å²) in [5, 5.41) is 0. The van der Waals surface area contributed by atoms with Gasteiger partial charge in [0.25, 0.3) is 0 Å². The van der Waals surface area contributed by atoms with E-state index in [1.165, 1.54) is 43.9 Å². The van der Waals surface area contributed by atoms with Crippen molar-refractivity contribution >= 4 is 6.09 Å². The lowest BCUT2D eigenvalue weighted by Gasteiger charge is -2.25. The molecule has 10 heteroatoms. The Hall–Kier alpha value is -2.75. The first-order chi connectivity index (χ1) is 15.7. The number of likely N-dealkylation sites (tertiary alicyclic amines) is 1. The number of aromatic nitrogens is 2. The summed E-state index contributed by atoms with van der Waals surface area (Å²) in [7, 11) is 1.77. The first-order valence-electron chi connectivity index (χ1n) is 11.3. The lowest BCUT2D eigenvalue weighted by molar-refractivity contribution is -0.274. The Morgan fingerprint density at radius 1 is 1.24 bits per heavy atom. The van der Waals surface area contributed by atoms with Crippen molar-refractivity contribution in [2.24, 2.45) is 30.7 Å². The highest BCUT2D eigenvalue weighted by molar-refractivity contribution is 5.70. The summed E-state index contributed by atoms with van der Waals surface area (Å²) >= 11 is 0. The Morgan fingerprint density at radius 3 is 2.64 bits per heavy atom. The lowest BCUT2D eigenvalue weighted by Crippen LogP contribution is -2.37. The number of alkyl halides is 3. The molecule has 2 aliphatic carbocycles. The van der Waals surface area contributed by atoms with Gasteiger partial charge in [-0.1, -0.05) is 12.1 Å². The molecule has 1 aliphatic heterocycles. The zero-order valence-corrected chi connectivity index (χ0v) is 18.4. The van der Waals surface area contributed by atoms with E-state index >= 15 is 0 Å². The largest absolute Gasteiger partial charge is 0.573 e. The van der Waals surface area contributed by atoms with Gasteiger partial charge in [-0.15, -0.1) is 13.2 Å². The number of hydrogen-bond acceptors (Lipinski definition) is 5. The molecule has 1 saturated heterocycles. The van der Waals surface area contributed by atoms with Crippen LogP contribution in [0.3, 0.4) is 0 Å². The smallest absolute Gasteiger partial charge is 0.406 e. The first kappa shape index (κ1) is 22.1. The van der Waals surface area contributed by atoms with Crippen molar-refractivity contribution in [2.45, 2.75) is 25.7 Å². The van der Waals surface area contributed by atoms with E-state index in [-0.39, 0.29) is 18.2 Å². The summed E-state index contributed by atoms with van der Waals surface area (Å²) in [6, 6.07) is 5.71. The van der Waals surface area contributed by atoms with Gasteiger partial charge < -0.3 is 23.8 Å². The number of carbonyl (C=O) groups is 1. The molecular weight excluding hydrogens is 437 g/mol. The van der Waals surface area contributed by atoms with E-state index in [0.717, 1.165) is 19.0 Å². The Bertz CT molecular complexity index is 995. The zero-order chi connectivity index (χ0) is 23.2. The molecule has 0 spiro atoms. The fourth-order valence-electron chi connectivity index (χ4n) is 4.94. The minimum atomic E-state index is -4.77. The van der Waals surface area contributed by atoms with Gasteiger partial charge in [-0.25, -0.2) is 9.78 Å². The molecular formula is C23H27F3N4O3. The highest BCUT2D eigenvalue weighted by Crippen LogP contribution is 2.52. The normalized spacial score (nSPS) is 24.4. The highest BCUT2D eigenvalue weighted by atomic mass is 19.4. The van der Waals surface area contributed by atoms with Crippen LogP contribution in [0, 0.1) is 23.7 Å². The molecule has 0 N–H and O–H groups in total. The van der Waals surface area contributed by atoms with E-state index in [1.807, 2.05) is 0 Å². The SMILES string of the molecule is Cn1cnc(OC(=O)N(Cc2cccc(OC(F)(F)F)c2)CC2C3CN(CC4CC4)CC32)c1. The van der Waals surface area contributed by atoms with Crippen LogP contribution in [0.5, 0.6) is 11.6 Å². The third-order valence-corrected chi connectivity index (χ3v) is 6.73. The molecule has 1 amide bonds. The number of carbonyl (C=O) groups excluding carboxylic acids is 1. The van der Waals surface area contributed by atoms with Crippen LogP contribution in [0.2, 0.25) is 0 Å². The third-order valence-electron chi connectivity index (χ3n) is 6.73. The number of ether oxygens (including phenoxy) is 2. The minimum Gasteiger partial charge on any atom is -0.406 e. The predicted molar refractivity (Wildman–Crippen MR) is 112 cm³/mol. The second-order valence-corrected chi connectivity index (χ2v) is 9.47. The summed E-state index contributed by atoms with van der Waals surface area (Å²) in [5.74, 6) is 2.25. The van der Waals surface area contributed by atoms with Crippen LogP contribution in [-0.4, -0.2) is 58.0 Å². The summed E-state index contributed by atoms with van der Waals surface area (Å²) < 4.78 is 49.0. The van der Waals surface area contributed by atoms with E-state index in [1.54, 1.807) is 28.8 Å². The molecule has 5 rings (SSSR count). The summed E-state index contributed by atoms with van der Waals surface area (Å²) in [6.45, 7) is 3.93. The van der Waals surface area contributed by atoms with Crippen molar-refractivity contribution in [2.75, 3.05) is 26.2 Å². The fraction of sp³-hybridized carbons (Fsp3) is 0.565. The van der Waals surface area contributed by atoms with Crippen molar-refractivity contribution in [3.63, 3.8) is 0 Å². The van der Waals surface area contributed by atoms with E-state index in [9.17, 15) is 18.0 Å². The number of halogens is 3. The van der Waals surface area contributed by atoms with Crippen molar-refractivity contribution in [3.8, 4) is 11.6 Å². The van der Waals surface area contributed by atoms with Gasteiger partial charge in [0, 0.05) is 39.8 Å². The topological polar surface area (TPSA) is 59.8 Å². The van der Waals surface area contributed by atoms with Crippen LogP contribution in [0.25, 0.3) is 0 Å². The number of hydrogen-bond donors (Lipinski definition) is 0. The van der Waals surface area contributed by atoms with Crippen LogP contribution in [0.1, 0.15) is 18.4 Å².